The Balaban J connectivity index is 5.20. The third-order valence-electron chi connectivity index (χ3n) is 1.67. The Hall–Kier alpha value is -0.230. The van der Waals surface area contributed by atoms with Gasteiger partial charge in [0, 0.05) is 0 Å². The second kappa shape index (κ2) is 4.53. The summed E-state index contributed by atoms with van der Waals surface area (Å²) in [7, 11) is 0. The molecule has 0 aliphatic heterocycles. The first-order chi connectivity index (χ1) is 6.17. The summed E-state index contributed by atoms with van der Waals surface area (Å²) >= 11 is 16.0. The maximum absolute atomic E-state index is 10.8. The van der Waals surface area contributed by atoms with Gasteiger partial charge in [0.2, 0.25) is 3.79 Å². The minimum absolute atomic E-state index is 0.977. The van der Waals surface area contributed by atoms with Crippen LogP contribution in [0, 0.1) is 5.41 Å². The third-order valence-corrected chi connectivity index (χ3v) is 2.76. The van der Waals surface area contributed by atoms with Gasteiger partial charge in [0.05, 0.1) is 13.0 Å². The highest BCUT2D eigenvalue weighted by molar-refractivity contribution is 6.69. The highest BCUT2D eigenvalue weighted by Gasteiger charge is 2.56. The molecule has 0 amide bonds. The van der Waals surface area contributed by atoms with E-state index in [1.807, 2.05) is 0 Å². The Morgan fingerprint density at radius 1 is 1.14 bits per heavy atom. The number of halogens is 3. The maximum atomic E-state index is 10.8. The first-order valence-corrected chi connectivity index (χ1v) is 4.43. The molecule has 0 saturated carbocycles. The minimum Gasteiger partial charge on any atom is -0.481 e. The van der Waals surface area contributed by atoms with Crippen molar-refractivity contribution in [2.24, 2.45) is 5.41 Å². The van der Waals surface area contributed by atoms with Crippen molar-refractivity contribution in [2.75, 3.05) is 6.61 Å². The van der Waals surface area contributed by atoms with E-state index in [0.717, 1.165) is 0 Å². The molecule has 0 saturated heterocycles. The van der Waals surface area contributed by atoms with Crippen molar-refractivity contribution >= 4 is 46.7 Å². The molecule has 0 aromatic rings. The number of hydrogen-bond acceptors (Lipinski definition) is 3. The van der Waals surface area contributed by atoms with Crippen LogP contribution in [-0.4, -0.2) is 37.7 Å². The van der Waals surface area contributed by atoms with Gasteiger partial charge in [-0.25, -0.2) is 0 Å². The van der Waals surface area contributed by atoms with Crippen LogP contribution < -0.4 is 0 Å². The Labute approximate surface area is 94.2 Å². The first-order valence-electron chi connectivity index (χ1n) is 3.30. The molecule has 1 atom stereocenters. The normalized spacial score (nSPS) is 16.0. The molecule has 3 N–H and O–H groups in total. The molecule has 0 fully saturated rings. The van der Waals surface area contributed by atoms with E-state index in [2.05, 4.69) is 0 Å². The summed E-state index contributed by atoms with van der Waals surface area (Å²) < 4.78 is -2.40. The lowest BCUT2D eigenvalue weighted by Crippen LogP contribution is -2.47. The molecule has 0 heterocycles. The summed E-state index contributed by atoms with van der Waals surface area (Å²) in [6.45, 7) is -1.08. The summed E-state index contributed by atoms with van der Waals surface area (Å²) in [5, 5.41) is 26.0. The van der Waals surface area contributed by atoms with E-state index >= 15 is 0 Å². The monoisotopic (exact) mass is 264 g/mol. The quantitative estimate of drug-likeness (QED) is 0.656. The fourth-order valence-corrected chi connectivity index (χ4v) is 1.39. The number of carbonyl (C=O) groups is 2. The Morgan fingerprint density at radius 2 is 1.57 bits per heavy atom. The molecule has 0 aliphatic carbocycles. The zero-order valence-corrected chi connectivity index (χ0v) is 8.97. The highest BCUT2D eigenvalue weighted by atomic mass is 35.6. The van der Waals surface area contributed by atoms with Gasteiger partial charge in [-0.3, -0.25) is 9.59 Å². The molecular formula is C6H7Cl3O5. The number of aliphatic hydroxyl groups is 1. The fourth-order valence-electron chi connectivity index (χ4n) is 0.768. The van der Waals surface area contributed by atoms with Crippen LogP contribution in [0.4, 0.5) is 0 Å². The second-order valence-electron chi connectivity index (χ2n) is 2.61. The second-order valence-corrected chi connectivity index (χ2v) is 4.89. The summed E-state index contributed by atoms with van der Waals surface area (Å²) in [6.07, 6.45) is -0.977. The maximum Gasteiger partial charge on any atom is 0.317 e. The van der Waals surface area contributed by atoms with E-state index in [1.54, 1.807) is 0 Å². The van der Waals surface area contributed by atoms with Crippen molar-refractivity contribution in [3.8, 4) is 0 Å². The standard InChI is InChI=1S/C6H7Cl3O5/c7-6(8,9)5(2-10,4(13)14)1-3(11)12/h10H,1-2H2,(H,11,12)(H,13,14). The molecule has 0 radical (unpaired) electrons. The van der Waals surface area contributed by atoms with Gasteiger partial charge in [-0.15, -0.1) is 0 Å². The third kappa shape index (κ3) is 2.63. The molecular weight excluding hydrogens is 258 g/mol. The number of aliphatic hydroxyl groups excluding tert-OH is 1. The molecule has 1 unspecified atom stereocenters. The van der Waals surface area contributed by atoms with Crippen molar-refractivity contribution in [1.82, 2.24) is 0 Å². The van der Waals surface area contributed by atoms with Gasteiger partial charge in [0.15, 0.2) is 0 Å². The fraction of sp³-hybridized carbons (Fsp3) is 0.667. The summed E-state index contributed by atoms with van der Waals surface area (Å²) in [6, 6.07) is 0. The molecule has 5 nitrogen and oxygen atoms in total. The Morgan fingerprint density at radius 3 is 1.64 bits per heavy atom. The average Bonchev–Trinajstić information content (AvgIpc) is 1.96. The molecule has 8 heteroatoms. The zero-order chi connectivity index (χ0) is 11.6. The van der Waals surface area contributed by atoms with Gasteiger partial charge in [0.25, 0.3) is 0 Å². The summed E-state index contributed by atoms with van der Waals surface area (Å²) in [5.74, 6) is -3.16. The zero-order valence-electron chi connectivity index (χ0n) is 6.71. The Bertz CT molecular complexity index is 248. The first kappa shape index (κ1) is 13.8. The lowest BCUT2D eigenvalue weighted by atomic mass is 9.87. The molecule has 0 aromatic carbocycles. The largest absolute Gasteiger partial charge is 0.481 e. The highest BCUT2D eigenvalue weighted by Crippen LogP contribution is 2.47. The van der Waals surface area contributed by atoms with E-state index in [1.165, 1.54) is 0 Å². The van der Waals surface area contributed by atoms with Gasteiger partial charge in [0.1, 0.15) is 5.41 Å². The van der Waals surface area contributed by atoms with E-state index in [9.17, 15) is 9.59 Å². The number of alkyl halides is 3. The van der Waals surface area contributed by atoms with Crippen LogP contribution >= 0.6 is 34.8 Å². The van der Waals surface area contributed by atoms with Crippen LogP contribution in [-0.2, 0) is 9.59 Å². The van der Waals surface area contributed by atoms with E-state index in [4.69, 9.17) is 50.1 Å². The minimum atomic E-state index is -2.40. The van der Waals surface area contributed by atoms with Crippen LogP contribution in [0.25, 0.3) is 0 Å². The van der Waals surface area contributed by atoms with Gasteiger partial charge in [-0.1, -0.05) is 34.8 Å². The molecule has 0 bridgehead atoms. The van der Waals surface area contributed by atoms with Crippen LogP contribution in [0.3, 0.4) is 0 Å². The molecule has 0 rings (SSSR count). The van der Waals surface area contributed by atoms with Gasteiger partial charge in [-0.2, -0.15) is 0 Å². The number of carboxylic acid groups (broad SMARTS) is 2. The molecule has 82 valence electrons. The van der Waals surface area contributed by atoms with Gasteiger partial charge < -0.3 is 15.3 Å². The van der Waals surface area contributed by atoms with Gasteiger partial charge in [-0.05, 0) is 0 Å². The van der Waals surface area contributed by atoms with Crippen LogP contribution in [0.2, 0.25) is 0 Å². The SMILES string of the molecule is O=C(O)CC(CO)(C(=O)O)C(Cl)(Cl)Cl. The van der Waals surface area contributed by atoms with Crippen LogP contribution in [0.15, 0.2) is 0 Å². The lowest BCUT2D eigenvalue weighted by Gasteiger charge is -2.32. The van der Waals surface area contributed by atoms with E-state index in [-0.39, 0.29) is 0 Å². The predicted molar refractivity (Wildman–Crippen MR) is 49.7 cm³/mol. The van der Waals surface area contributed by atoms with E-state index < -0.39 is 34.2 Å². The van der Waals surface area contributed by atoms with Crippen molar-refractivity contribution < 1.29 is 24.9 Å². The summed E-state index contributed by atoms with van der Waals surface area (Å²) in [4.78, 5) is 21.1. The molecule has 0 aromatic heterocycles. The topological polar surface area (TPSA) is 94.8 Å². The number of hydrogen-bond donors (Lipinski definition) is 3. The van der Waals surface area contributed by atoms with Crippen LogP contribution in [0.5, 0.6) is 0 Å². The Kier molecular flexibility index (Phi) is 4.45. The number of aliphatic carboxylic acids is 2. The van der Waals surface area contributed by atoms with Crippen molar-refractivity contribution in [2.45, 2.75) is 10.2 Å². The smallest absolute Gasteiger partial charge is 0.317 e. The van der Waals surface area contributed by atoms with Crippen molar-refractivity contribution in [1.29, 1.82) is 0 Å². The van der Waals surface area contributed by atoms with Gasteiger partial charge >= 0.3 is 11.9 Å². The number of rotatable bonds is 4. The lowest BCUT2D eigenvalue weighted by molar-refractivity contribution is -0.158. The van der Waals surface area contributed by atoms with Crippen molar-refractivity contribution in [3.63, 3.8) is 0 Å². The molecule has 0 spiro atoms. The predicted octanol–water partition coefficient (Wildman–Crippen LogP) is 0.895. The molecule has 14 heavy (non-hydrogen) atoms. The number of carboxylic acids is 2. The molecule has 0 aliphatic rings. The average molecular weight is 265 g/mol. The van der Waals surface area contributed by atoms with E-state index in [0.29, 0.717) is 0 Å². The van der Waals surface area contributed by atoms with Crippen LogP contribution in [0.1, 0.15) is 6.42 Å². The summed E-state index contributed by atoms with van der Waals surface area (Å²) in [5.41, 5.74) is -2.33. The van der Waals surface area contributed by atoms with Crippen molar-refractivity contribution in [3.05, 3.63) is 0 Å².